The predicted octanol–water partition coefficient (Wildman–Crippen LogP) is 6.05. The fourth-order valence-corrected chi connectivity index (χ4v) is 4.65. The molecule has 4 aromatic rings. The number of carbonyl (C=O) groups excluding carboxylic acids is 1. The van der Waals surface area contributed by atoms with E-state index in [1.165, 1.54) is 5.56 Å². The zero-order valence-corrected chi connectivity index (χ0v) is 19.2. The normalized spacial score (nSPS) is 15.2. The van der Waals surface area contributed by atoms with Crippen LogP contribution in [0.4, 0.5) is 0 Å². The molecule has 1 aromatic heterocycles. The molecule has 5 rings (SSSR count). The van der Waals surface area contributed by atoms with Gasteiger partial charge in [0.1, 0.15) is 17.1 Å². The van der Waals surface area contributed by atoms with Crippen molar-refractivity contribution in [1.82, 2.24) is 15.1 Å². The molecule has 6 heteroatoms. The summed E-state index contributed by atoms with van der Waals surface area (Å²) in [5.74, 6) is -0.0323. The van der Waals surface area contributed by atoms with Gasteiger partial charge < -0.3 is 10.0 Å². The van der Waals surface area contributed by atoms with Crippen LogP contribution in [0.25, 0.3) is 11.3 Å². The summed E-state index contributed by atoms with van der Waals surface area (Å²) in [6, 6.07) is 21.3. The Bertz CT molecular complexity index is 1330. The number of aromatic nitrogens is 2. The van der Waals surface area contributed by atoms with Gasteiger partial charge in [-0.05, 0) is 47.7 Å². The summed E-state index contributed by atoms with van der Waals surface area (Å²) in [7, 11) is 0. The predicted molar refractivity (Wildman–Crippen MR) is 129 cm³/mol. The molecule has 33 heavy (non-hydrogen) atoms. The zero-order valence-electron chi connectivity index (χ0n) is 18.5. The molecule has 1 amide bonds. The monoisotopic (exact) mass is 457 g/mol. The molecule has 0 saturated heterocycles. The number of amides is 1. The average molecular weight is 458 g/mol. The van der Waals surface area contributed by atoms with Gasteiger partial charge in [-0.25, -0.2) is 0 Å². The van der Waals surface area contributed by atoms with Crippen molar-refractivity contribution in [3.05, 3.63) is 105 Å². The van der Waals surface area contributed by atoms with Crippen LogP contribution >= 0.6 is 11.6 Å². The number of halogens is 1. The largest absolute Gasteiger partial charge is 0.507 e. The molecule has 0 saturated carbocycles. The summed E-state index contributed by atoms with van der Waals surface area (Å²) >= 11 is 6.38. The van der Waals surface area contributed by atoms with Gasteiger partial charge in [-0.3, -0.25) is 9.89 Å². The van der Waals surface area contributed by atoms with Gasteiger partial charge in [0.15, 0.2) is 0 Å². The van der Waals surface area contributed by atoms with E-state index < -0.39 is 0 Å². The molecule has 0 bridgehead atoms. The van der Waals surface area contributed by atoms with E-state index in [0.717, 1.165) is 28.7 Å². The number of aromatic amines is 1. The molecule has 0 aliphatic carbocycles. The topological polar surface area (TPSA) is 69.2 Å². The Kier molecular flexibility index (Phi) is 5.43. The maximum absolute atomic E-state index is 13.5. The van der Waals surface area contributed by atoms with Gasteiger partial charge in [-0.2, -0.15) is 5.10 Å². The molecule has 0 fully saturated rings. The van der Waals surface area contributed by atoms with Crippen molar-refractivity contribution in [2.75, 3.05) is 0 Å². The van der Waals surface area contributed by atoms with Crippen LogP contribution in [0.5, 0.6) is 5.75 Å². The van der Waals surface area contributed by atoms with Gasteiger partial charge in [-0.15, -0.1) is 0 Å². The highest BCUT2D eigenvalue weighted by molar-refractivity contribution is 6.31. The van der Waals surface area contributed by atoms with Gasteiger partial charge in [-0.1, -0.05) is 73.1 Å². The van der Waals surface area contributed by atoms with E-state index in [1.54, 1.807) is 12.1 Å². The molecule has 1 aliphatic heterocycles. The van der Waals surface area contributed by atoms with Crippen molar-refractivity contribution in [3.63, 3.8) is 0 Å². The Labute approximate surface area is 197 Å². The molecular weight excluding hydrogens is 434 g/mol. The maximum atomic E-state index is 13.5. The summed E-state index contributed by atoms with van der Waals surface area (Å²) < 4.78 is 0. The molecule has 166 valence electrons. The zero-order chi connectivity index (χ0) is 23.1. The summed E-state index contributed by atoms with van der Waals surface area (Å²) in [4.78, 5) is 15.4. The molecule has 0 spiro atoms. The lowest BCUT2D eigenvalue weighted by molar-refractivity contribution is 0.0730. The summed E-state index contributed by atoms with van der Waals surface area (Å²) in [5.41, 5.74) is 6.30. The van der Waals surface area contributed by atoms with Crippen molar-refractivity contribution in [1.29, 1.82) is 0 Å². The highest BCUT2D eigenvalue weighted by Crippen LogP contribution is 2.45. The van der Waals surface area contributed by atoms with E-state index in [4.69, 9.17) is 11.6 Å². The van der Waals surface area contributed by atoms with Crippen LogP contribution in [-0.2, 0) is 13.0 Å². The molecular formula is C27H24ClN3O2. The minimum Gasteiger partial charge on any atom is -0.507 e. The Morgan fingerprint density at radius 2 is 1.79 bits per heavy atom. The molecule has 1 unspecified atom stereocenters. The van der Waals surface area contributed by atoms with Gasteiger partial charge in [0, 0.05) is 22.7 Å². The quantitative estimate of drug-likeness (QED) is 0.383. The van der Waals surface area contributed by atoms with E-state index >= 15 is 0 Å². The molecule has 2 N–H and O–H groups in total. The minimum atomic E-state index is -0.341. The fourth-order valence-electron chi connectivity index (χ4n) is 4.48. The molecule has 2 heterocycles. The third-order valence-electron chi connectivity index (χ3n) is 6.30. The second-order valence-electron chi connectivity index (χ2n) is 8.40. The van der Waals surface area contributed by atoms with E-state index in [1.807, 2.05) is 42.2 Å². The average Bonchev–Trinajstić information content (AvgIpc) is 3.36. The Morgan fingerprint density at radius 3 is 2.48 bits per heavy atom. The lowest BCUT2D eigenvalue weighted by atomic mass is 9.94. The van der Waals surface area contributed by atoms with Crippen LogP contribution in [0.1, 0.15) is 51.3 Å². The van der Waals surface area contributed by atoms with E-state index in [-0.39, 0.29) is 17.7 Å². The Hall–Kier alpha value is -3.57. The fraction of sp³-hybridized carbons (Fsp3) is 0.185. The number of fused-ring (bicyclic) bond motifs is 1. The number of H-pyrrole nitrogens is 1. The lowest BCUT2D eigenvalue weighted by Gasteiger charge is -2.27. The van der Waals surface area contributed by atoms with E-state index in [9.17, 15) is 9.90 Å². The van der Waals surface area contributed by atoms with Crippen LogP contribution in [0.3, 0.4) is 0 Å². The molecule has 1 atom stereocenters. The van der Waals surface area contributed by atoms with Crippen LogP contribution in [-0.4, -0.2) is 26.1 Å². The number of hydrogen-bond donors (Lipinski definition) is 2. The number of phenolic OH excluding ortho intramolecular Hbond substituents is 1. The lowest BCUT2D eigenvalue weighted by Crippen LogP contribution is -2.29. The van der Waals surface area contributed by atoms with Crippen LogP contribution in [0, 0.1) is 6.92 Å². The summed E-state index contributed by atoms with van der Waals surface area (Å²) in [6.45, 7) is 4.42. The number of carbonyl (C=O) groups is 1. The van der Waals surface area contributed by atoms with Crippen molar-refractivity contribution in [3.8, 4) is 17.0 Å². The molecule has 1 aliphatic rings. The first-order valence-electron chi connectivity index (χ1n) is 11.0. The van der Waals surface area contributed by atoms with Crippen LogP contribution in [0.15, 0.2) is 66.7 Å². The molecule has 3 aromatic carbocycles. The summed E-state index contributed by atoms with van der Waals surface area (Å²) in [5, 5.41) is 18.6. The van der Waals surface area contributed by atoms with Crippen molar-refractivity contribution < 1.29 is 9.90 Å². The number of nitrogens with one attached hydrogen (secondary N) is 1. The van der Waals surface area contributed by atoms with Crippen LogP contribution < -0.4 is 0 Å². The van der Waals surface area contributed by atoms with Gasteiger partial charge >= 0.3 is 0 Å². The van der Waals surface area contributed by atoms with Crippen molar-refractivity contribution in [2.24, 2.45) is 0 Å². The highest BCUT2D eigenvalue weighted by atomic mass is 35.5. The Balaban J connectivity index is 1.67. The van der Waals surface area contributed by atoms with Crippen LogP contribution in [0.2, 0.25) is 5.02 Å². The third kappa shape index (κ3) is 3.68. The molecule has 0 radical (unpaired) electrons. The van der Waals surface area contributed by atoms with Gasteiger partial charge in [0.2, 0.25) is 0 Å². The van der Waals surface area contributed by atoms with E-state index in [0.29, 0.717) is 28.5 Å². The standard InChI is InChI=1S/C27H24ClN3O2/c1-3-17-9-11-19(12-10-17)26-23-24(20-14-21(28)16(2)13-22(20)32)29-30-25(23)27(33)31(26)15-18-7-5-4-6-8-18/h4-14,26,32H,3,15H2,1-2H3,(H,29,30). The first-order chi connectivity index (χ1) is 16.0. The second-order valence-corrected chi connectivity index (χ2v) is 8.80. The van der Waals surface area contributed by atoms with Crippen molar-refractivity contribution in [2.45, 2.75) is 32.9 Å². The number of hydrogen-bond acceptors (Lipinski definition) is 3. The third-order valence-corrected chi connectivity index (χ3v) is 6.70. The molecule has 5 nitrogen and oxygen atoms in total. The van der Waals surface area contributed by atoms with Crippen molar-refractivity contribution >= 4 is 17.5 Å². The number of nitrogens with zero attached hydrogens (tertiary/aromatic N) is 2. The SMILES string of the molecule is CCc1ccc(C2c3c(-c4cc(Cl)c(C)cc4O)n[nH]c3C(=O)N2Cc2ccccc2)cc1. The number of aromatic hydroxyl groups is 1. The highest BCUT2D eigenvalue weighted by Gasteiger charge is 2.42. The number of benzene rings is 3. The second kappa shape index (κ2) is 8.41. The smallest absolute Gasteiger partial charge is 0.273 e. The van der Waals surface area contributed by atoms with Gasteiger partial charge in [0.05, 0.1) is 6.04 Å². The number of phenols is 1. The number of aryl methyl sites for hydroxylation is 2. The number of rotatable bonds is 5. The van der Waals surface area contributed by atoms with E-state index in [2.05, 4.69) is 41.4 Å². The Morgan fingerprint density at radius 1 is 1.06 bits per heavy atom. The first-order valence-corrected chi connectivity index (χ1v) is 11.4. The van der Waals surface area contributed by atoms with Gasteiger partial charge in [0.25, 0.3) is 5.91 Å². The maximum Gasteiger partial charge on any atom is 0.273 e. The first kappa shape index (κ1) is 21.3. The minimum absolute atomic E-state index is 0.0836. The summed E-state index contributed by atoms with van der Waals surface area (Å²) in [6.07, 6.45) is 0.940.